The number of ether oxygens (including phenoxy) is 1. The molecule has 0 radical (unpaired) electrons. The molecule has 2 aromatic carbocycles. The standard InChI is InChI=1S/C22H26N2O3/c1-22(2,3)18-7-5-6-8-19(18)23-21(26)15-13-20(25)24(14-15)16-9-11-17(27-4)12-10-16/h5-12,15H,13-14H2,1-4H3,(H,23,26)/t15-/m0/s1. The van der Waals surface area contributed by atoms with Crippen LogP contribution in [-0.2, 0) is 15.0 Å². The first kappa shape index (κ1) is 19.0. The van der Waals surface area contributed by atoms with Crippen molar-refractivity contribution in [3.05, 3.63) is 54.1 Å². The molecule has 0 unspecified atom stereocenters. The highest BCUT2D eigenvalue weighted by atomic mass is 16.5. The summed E-state index contributed by atoms with van der Waals surface area (Å²) in [5.74, 6) is 0.214. The largest absolute Gasteiger partial charge is 0.497 e. The molecule has 5 heteroatoms. The number of nitrogens with zero attached hydrogens (tertiary/aromatic N) is 1. The summed E-state index contributed by atoms with van der Waals surface area (Å²) in [6.45, 7) is 6.72. The predicted octanol–water partition coefficient (Wildman–Crippen LogP) is 3.98. The summed E-state index contributed by atoms with van der Waals surface area (Å²) < 4.78 is 5.16. The van der Waals surface area contributed by atoms with Crippen molar-refractivity contribution in [1.82, 2.24) is 0 Å². The van der Waals surface area contributed by atoms with Gasteiger partial charge in [-0.15, -0.1) is 0 Å². The Balaban J connectivity index is 1.73. The van der Waals surface area contributed by atoms with Gasteiger partial charge in [-0.05, 0) is 41.3 Å². The van der Waals surface area contributed by atoms with Gasteiger partial charge < -0.3 is 15.0 Å². The van der Waals surface area contributed by atoms with E-state index in [9.17, 15) is 9.59 Å². The van der Waals surface area contributed by atoms with Gasteiger partial charge in [0.1, 0.15) is 5.75 Å². The number of para-hydroxylation sites is 1. The zero-order valence-corrected chi connectivity index (χ0v) is 16.3. The van der Waals surface area contributed by atoms with Crippen molar-refractivity contribution in [2.24, 2.45) is 5.92 Å². The van der Waals surface area contributed by atoms with E-state index in [2.05, 4.69) is 26.1 Å². The van der Waals surface area contributed by atoms with Gasteiger partial charge in [-0.25, -0.2) is 0 Å². The highest BCUT2D eigenvalue weighted by Crippen LogP contribution is 2.31. The summed E-state index contributed by atoms with van der Waals surface area (Å²) in [6.07, 6.45) is 0.218. The van der Waals surface area contributed by atoms with E-state index < -0.39 is 0 Å². The van der Waals surface area contributed by atoms with Crippen LogP contribution in [0.5, 0.6) is 5.75 Å². The molecule has 1 fully saturated rings. The Morgan fingerprint density at radius 1 is 1.11 bits per heavy atom. The van der Waals surface area contributed by atoms with E-state index in [1.807, 2.05) is 48.5 Å². The van der Waals surface area contributed by atoms with Crippen LogP contribution in [0.2, 0.25) is 0 Å². The van der Waals surface area contributed by atoms with Gasteiger partial charge in [-0.2, -0.15) is 0 Å². The molecule has 142 valence electrons. The van der Waals surface area contributed by atoms with Gasteiger partial charge in [-0.3, -0.25) is 9.59 Å². The third kappa shape index (κ3) is 4.13. The van der Waals surface area contributed by atoms with E-state index in [4.69, 9.17) is 4.74 Å². The normalized spacial score (nSPS) is 17.1. The summed E-state index contributed by atoms with van der Waals surface area (Å²) >= 11 is 0. The highest BCUT2D eigenvalue weighted by molar-refractivity contribution is 6.03. The first-order valence-electron chi connectivity index (χ1n) is 9.14. The molecule has 0 aromatic heterocycles. The fraction of sp³-hybridized carbons (Fsp3) is 0.364. The Morgan fingerprint density at radius 2 is 1.78 bits per heavy atom. The number of nitrogens with one attached hydrogen (secondary N) is 1. The number of rotatable bonds is 4. The number of carbonyl (C=O) groups excluding carboxylic acids is 2. The highest BCUT2D eigenvalue weighted by Gasteiger charge is 2.35. The van der Waals surface area contributed by atoms with Crippen molar-refractivity contribution in [1.29, 1.82) is 0 Å². The van der Waals surface area contributed by atoms with E-state index in [1.54, 1.807) is 12.0 Å². The molecule has 1 saturated heterocycles. The van der Waals surface area contributed by atoms with Crippen LogP contribution in [0.4, 0.5) is 11.4 Å². The molecule has 1 aliphatic rings. The van der Waals surface area contributed by atoms with Crippen molar-refractivity contribution in [3.8, 4) is 5.75 Å². The molecule has 0 saturated carbocycles. The average molecular weight is 366 g/mol. The number of hydrogen-bond acceptors (Lipinski definition) is 3. The van der Waals surface area contributed by atoms with E-state index in [0.29, 0.717) is 6.54 Å². The van der Waals surface area contributed by atoms with Crippen molar-refractivity contribution in [2.45, 2.75) is 32.6 Å². The first-order chi connectivity index (χ1) is 12.8. The lowest BCUT2D eigenvalue weighted by Gasteiger charge is -2.23. The zero-order valence-electron chi connectivity index (χ0n) is 16.3. The van der Waals surface area contributed by atoms with Crippen molar-refractivity contribution in [2.75, 3.05) is 23.9 Å². The van der Waals surface area contributed by atoms with Crippen LogP contribution in [0.15, 0.2) is 48.5 Å². The number of hydrogen-bond donors (Lipinski definition) is 1. The SMILES string of the molecule is COc1ccc(N2C[C@@H](C(=O)Nc3ccccc3C(C)(C)C)CC2=O)cc1. The van der Waals surface area contributed by atoms with Crippen LogP contribution in [0.3, 0.4) is 0 Å². The Kier molecular flexibility index (Phi) is 5.22. The van der Waals surface area contributed by atoms with Gasteiger partial charge in [0.2, 0.25) is 11.8 Å². The Bertz CT molecular complexity index is 837. The number of anilines is 2. The molecular weight excluding hydrogens is 340 g/mol. The number of methoxy groups -OCH3 is 1. The van der Waals surface area contributed by atoms with Crippen molar-refractivity contribution >= 4 is 23.2 Å². The molecule has 0 aliphatic carbocycles. The molecule has 5 nitrogen and oxygen atoms in total. The van der Waals surface area contributed by atoms with Gasteiger partial charge in [0.25, 0.3) is 0 Å². The predicted molar refractivity (Wildman–Crippen MR) is 107 cm³/mol. The molecular formula is C22H26N2O3. The topological polar surface area (TPSA) is 58.6 Å². The minimum Gasteiger partial charge on any atom is -0.497 e. The first-order valence-corrected chi connectivity index (χ1v) is 9.14. The molecule has 3 rings (SSSR count). The molecule has 27 heavy (non-hydrogen) atoms. The van der Waals surface area contributed by atoms with Crippen molar-refractivity contribution < 1.29 is 14.3 Å². The number of carbonyl (C=O) groups is 2. The molecule has 0 bridgehead atoms. The van der Waals surface area contributed by atoms with E-state index in [-0.39, 0.29) is 29.6 Å². The third-order valence-corrected chi connectivity index (χ3v) is 4.87. The number of benzene rings is 2. The van der Waals surface area contributed by atoms with E-state index in [0.717, 1.165) is 22.7 Å². The lowest BCUT2D eigenvalue weighted by Crippen LogP contribution is -2.28. The van der Waals surface area contributed by atoms with Crippen LogP contribution < -0.4 is 15.0 Å². The summed E-state index contributed by atoms with van der Waals surface area (Å²) in [7, 11) is 1.60. The van der Waals surface area contributed by atoms with Gasteiger partial charge in [-0.1, -0.05) is 39.0 Å². The van der Waals surface area contributed by atoms with Crippen LogP contribution in [-0.4, -0.2) is 25.5 Å². The van der Waals surface area contributed by atoms with Gasteiger partial charge >= 0.3 is 0 Å². The maximum Gasteiger partial charge on any atom is 0.229 e. The molecule has 0 spiro atoms. The van der Waals surface area contributed by atoms with Crippen LogP contribution in [0, 0.1) is 5.92 Å². The van der Waals surface area contributed by atoms with Gasteiger partial charge in [0.15, 0.2) is 0 Å². The van der Waals surface area contributed by atoms with Crippen LogP contribution in [0.25, 0.3) is 0 Å². The quantitative estimate of drug-likeness (QED) is 0.890. The smallest absolute Gasteiger partial charge is 0.229 e. The summed E-state index contributed by atoms with van der Waals surface area (Å²) in [5, 5.41) is 3.03. The molecule has 2 aromatic rings. The van der Waals surface area contributed by atoms with Crippen molar-refractivity contribution in [3.63, 3.8) is 0 Å². The molecule has 1 N–H and O–H groups in total. The maximum atomic E-state index is 12.8. The lowest BCUT2D eigenvalue weighted by atomic mass is 9.85. The second kappa shape index (κ2) is 7.43. The zero-order chi connectivity index (χ0) is 19.6. The Hall–Kier alpha value is -2.82. The minimum absolute atomic E-state index is 0.0376. The van der Waals surface area contributed by atoms with Crippen LogP contribution in [0.1, 0.15) is 32.8 Å². The fourth-order valence-electron chi connectivity index (χ4n) is 3.38. The Labute approximate surface area is 160 Å². The number of amides is 2. The third-order valence-electron chi connectivity index (χ3n) is 4.87. The summed E-state index contributed by atoms with van der Waals surface area (Å²) in [6, 6.07) is 15.1. The average Bonchev–Trinajstić information content (AvgIpc) is 3.03. The maximum absolute atomic E-state index is 12.8. The molecule has 1 heterocycles. The molecule has 1 aliphatic heterocycles. The Morgan fingerprint density at radius 3 is 2.41 bits per heavy atom. The van der Waals surface area contributed by atoms with Gasteiger partial charge in [0.05, 0.1) is 13.0 Å². The van der Waals surface area contributed by atoms with Gasteiger partial charge in [0, 0.05) is 24.3 Å². The summed E-state index contributed by atoms with van der Waals surface area (Å²) in [4.78, 5) is 26.9. The second-order valence-corrected chi connectivity index (χ2v) is 7.89. The monoisotopic (exact) mass is 366 g/mol. The second-order valence-electron chi connectivity index (χ2n) is 7.89. The summed E-state index contributed by atoms with van der Waals surface area (Å²) in [5.41, 5.74) is 2.59. The lowest BCUT2D eigenvalue weighted by molar-refractivity contribution is -0.122. The minimum atomic E-state index is -0.368. The van der Waals surface area contributed by atoms with E-state index in [1.165, 1.54) is 0 Å². The molecule has 1 atom stereocenters. The van der Waals surface area contributed by atoms with E-state index >= 15 is 0 Å². The van der Waals surface area contributed by atoms with Crippen LogP contribution >= 0.6 is 0 Å². The molecule has 2 amide bonds. The fourth-order valence-corrected chi connectivity index (χ4v) is 3.38.